The number of amides is 1. The first-order chi connectivity index (χ1) is 13.0. The maximum absolute atomic E-state index is 12.4. The van der Waals surface area contributed by atoms with Gasteiger partial charge in [0.1, 0.15) is 10.4 Å². The van der Waals surface area contributed by atoms with E-state index in [1.165, 1.54) is 49.4 Å². The van der Waals surface area contributed by atoms with Crippen molar-refractivity contribution in [3.63, 3.8) is 0 Å². The molecule has 1 atom stereocenters. The van der Waals surface area contributed by atoms with Crippen molar-refractivity contribution in [3.8, 4) is 11.5 Å². The molecule has 9 nitrogen and oxygen atoms in total. The Labute approximate surface area is 161 Å². The summed E-state index contributed by atoms with van der Waals surface area (Å²) < 4.78 is 30.4. The standard InChI is InChI=1S/C18H18N2O7S/c1-18(19,9-11-6-7-13(21)14(22)8-11)17(24)27-10-20-16(23)12-4-2-3-5-15(12)28(20,25)26/h2-8,21-22H,9-10,19H2,1H3/t18-/m0/s1. The van der Waals surface area contributed by atoms with E-state index in [9.17, 15) is 28.2 Å². The van der Waals surface area contributed by atoms with E-state index >= 15 is 0 Å². The van der Waals surface area contributed by atoms with Crippen molar-refractivity contribution in [2.45, 2.75) is 23.8 Å². The lowest BCUT2D eigenvalue weighted by Crippen LogP contribution is -2.49. The van der Waals surface area contributed by atoms with Gasteiger partial charge in [-0.05, 0) is 36.8 Å². The highest BCUT2D eigenvalue weighted by Gasteiger charge is 2.42. The van der Waals surface area contributed by atoms with E-state index in [0.29, 0.717) is 9.87 Å². The molecule has 0 saturated heterocycles. The first kappa shape index (κ1) is 19.6. The fourth-order valence-electron chi connectivity index (χ4n) is 2.82. The molecule has 1 amide bonds. The van der Waals surface area contributed by atoms with Gasteiger partial charge >= 0.3 is 5.97 Å². The third kappa shape index (κ3) is 3.39. The summed E-state index contributed by atoms with van der Waals surface area (Å²) in [6.45, 7) is 0.566. The zero-order valence-corrected chi connectivity index (χ0v) is 15.6. The third-order valence-corrected chi connectivity index (χ3v) is 6.07. The van der Waals surface area contributed by atoms with Crippen LogP contribution in [-0.4, -0.2) is 47.1 Å². The Kier molecular flexibility index (Phi) is 4.77. The number of hydrogen-bond donors (Lipinski definition) is 3. The van der Waals surface area contributed by atoms with Crippen molar-refractivity contribution in [2.75, 3.05) is 6.73 Å². The number of nitrogens with two attached hydrogens (primary N) is 1. The molecule has 0 fully saturated rings. The van der Waals surface area contributed by atoms with E-state index in [0.717, 1.165) is 0 Å². The number of carbonyl (C=O) groups is 2. The number of fused-ring (bicyclic) bond motifs is 1. The molecule has 0 saturated carbocycles. The monoisotopic (exact) mass is 406 g/mol. The minimum absolute atomic E-state index is 0.00799. The molecular weight excluding hydrogens is 388 g/mol. The fourth-order valence-corrected chi connectivity index (χ4v) is 4.25. The Morgan fingerprint density at radius 1 is 1.18 bits per heavy atom. The molecule has 3 rings (SSSR count). The van der Waals surface area contributed by atoms with Crippen molar-refractivity contribution in [1.29, 1.82) is 0 Å². The molecule has 4 N–H and O–H groups in total. The topological polar surface area (TPSA) is 147 Å². The second kappa shape index (κ2) is 6.80. The summed E-state index contributed by atoms with van der Waals surface area (Å²) in [7, 11) is -4.10. The molecule has 1 heterocycles. The molecule has 10 heteroatoms. The van der Waals surface area contributed by atoms with Crippen LogP contribution in [0.1, 0.15) is 22.8 Å². The van der Waals surface area contributed by atoms with Crippen LogP contribution in [0.4, 0.5) is 0 Å². The van der Waals surface area contributed by atoms with Gasteiger partial charge in [0.2, 0.25) is 0 Å². The Morgan fingerprint density at radius 2 is 1.86 bits per heavy atom. The predicted molar refractivity (Wildman–Crippen MR) is 96.8 cm³/mol. The normalized spacial score (nSPS) is 17.1. The first-order valence-corrected chi connectivity index (χ1v) is 9.61. The number of nitrogens with zero attached hydrogens (tertiary/aromatic N) is 1. The molecule has 2 aromatic rings. The van der Waals surface area contributed by atoms with Crippen molar-refractivity contribution < 1.29 is 33.0 Å². The van der Waals surface area contributed by atoms with Crippen molar-refractivity contribution in [2.24, 2.45) is 5.73 Å². The van der Waals surface area contributed by atoms with Gasteiger partial charge in [-0.3, -0.25) is 4.79 Å². The van der Waals surface area contributed by atoms with Gasteiger partial charge in [-0.1, -0.05) is 18.2 Å². The van der Waals surface area contributed by atoms with Gasteiger partial charge in [0.05, 0.1) is 5.56 Å². The number of ether oxygens (including phenoxy) is 1. The van der Waals surface area contributed by atoms with E-state index in [2.05, 4.69) is 0 Å². The van der Waals surface area contributed by atoms with E-state index in [1.54, 1.807) is 0 Å². The van der Waals surface area contributed by atoms with E-state index in [-0.39, 0.29) is 28.4 Å². The van der Waals surface area contributed by atoms with Crippen LogP contribution >= 0.6 is 0 Å². The number of esters is 1. The molecule has 28 heavy (non-hydrogen) atoms. The van der Waals surface area contributed by atoms with Gasteiger partial charge in [-0.2, -0.15) is 4.31 Å². The van der Waals surface area contributed by atoms with E-state index in [1.807, 2.05) is 0 Å². The number of sulfonamides is 1. The largest absolute Gasteiger partial charge is 0.504 e. The number of carbonyl (C=O) groups excluding carboxylic acids is 2. The van der Waals surface area contributed by atoms with Gasteiger partial charge in [0.25, 0.3) is 15.9 Å². The quantitative estimate of drug-likeness (QED) is 0.486. The van der Waals surface area contributed by atoms with Crippen LogP contribution in [0.5, 0.6) is 11.5 Å². The number of benzene rings is 2. The predicted octanol–water partition coefficient (Wildman–Crippen LogP) is 0.703. The number of hydrogen-bond acceptors (Lipinski definition) is 8. The minimum atomic E-state index is -4.10. The van der Waals surface area contributed by atoms with Crippen molar-refractivity contribution in [3.05, 3.63) is 53.6 Å². The molecule has 2 aromatic carbocycles. The first-order valence-electron chi connectivity index (χ1n) is 8.17. The van der Waals surface area contributed by atoms with Gasteiger partial charge in [-0.15, -0.1) is 0 Å². The zero-order valence-electron chi connectivity index (χ0n) is 14.8. The van der Waals surface area contributed by atoms with Crippen LogP contribution in [0.15, 0.2) is 47.4 Å². The van der Waals surface area contributed by atoms with E-state index < -0.39 is 34.2 Å². The fraction of sp³-hybridized carbons (Fsp3) is 0.222. The molecule has 0 spiro atoms. The molecule has 148 valence electrons. The maximum atomic E-state index is 12.4. The summed E-state index contributed by atoms with van der Waals surface area (Å²) in [5.74, 6) is -2.40. The third-order valence-electron chi connectivity index (χ3n) is 4.30. The number of phenols is 2. The lowest BCUT2D eigenvalue weighted by molar-refractivity contribution is -0.151. The van der Waals surface area contributed by atoms with Gasteiger partial charge < -0.3 is 20.7 Å². The number of aromatic hydroxyl groups is 2. The Balaban J connectivity index is 1.71. The Morgan fingerprint density at radius 3 is 2.50 bits per heavy atom. The second-order valence-corrected chi connectivity index (χ2v) is 8.46. The van der Waals surface area contributed by atoms with Gasteiger partial charge in [0, 0.05) is 6.42 Å². The molecule has 1 aliphatic rings. The smallest absolute Gasteiger partial charge is 0.327 e. The van der Waals surface area contributed by atoms with Crippen molar-refractivity contribution >= 4 is 21.9 Å². The maximum Gasteiger partial charge on any atom is 0.327 e. The molecule has 0 bridgehead atoms. The Bertz CT molecular complexity index is 1060. The van der Waals surface area contributed by atoms with Crippen LogP contribution in [0.3, 0.4) is 0 Å². The summed E-state index contributed by atoms with van der Waals surface area (Å²) in [5.41, 5.74) is 4.87. The summed E-state index contributed by atoms with van der Waals surface area (Å²) in [6.07, 6.45) is -0.0550. The summed E-state index contributed by atoms with van der Waals surface area (Å²) in [4.78, 5) is 24.5. The highest BCUT2D eigenvalue weighted by Crippen LogP contribution is 2.30. The van der Waals surface area contributed by atoms with Crippen LogP contribution < -0.4 is 5.73 Å². The molecule has 0 unspecified atom stereocenters. The van der Waals surface area contributed by atoms with Crippen LogP contribution in [0, 0.1) is 0 Å². The molecular formula is C18H18N2O7S. The zero-order chi connectivity index (χ0) is 20.7. The highest BCUT2D eigenvalue weighted by molar-refractivity contribution is 7.90. The minimum Gasteiger partial charge on any atom is -0.504 e. The second-order valence-electron chi connectivity index (χ2n) is 6.63. The average Bonchev–Trinajstić information content (AvgIpc) is 2.82. The summed E-state index contributed by atoms with van der Waals surface area (Å²) in [5, 5.41) is 18.9. The number of phenolic OH excluding ortho intramolecular Hbond substituents is 2. The van der Waals surface area contributed by atoms with Gasteiger partial charge in [-0.25, -0.2) is 13.2 Å². The lowest BCUT2D eigenvalue weighted by atomic mass is 9.94. The molecule has 0 radical (unpaired) electrons. The van der Waals surface area contributed by atoms with Crippen LogP contribution in [0.2, 0.25) is 0 Å². The highest BCUT2D eigenvalue weighted by atomic mass is 32.2. The van der Waals surface area contributed by atoms with Crippen molar-refractivity contribution in [1.82, 2.24) is 4.31 Å². The molecule has 1 aliphatic heterocycles. The summed E-state index contributed by atoms with van der Waals surface area (Å²) in [6, 6.07) is 9.67. The van der Waals surface area contributed by atoms with Crippen LogP contribution in [-0.2, 0) is 26.0 Å². The van der Waals surface area contributed by atoms with E-state index in [4.69, 9.17) is 10.5 Å². The summed E-state index contributed by atoms with van der Waals surface area (Å²) >= 11 is 0. The molecule has 0 aromatic heterocycles. The SMILES string of the molecule is C[C@](N)(Cc1ccc(O)c(O)c1)C(=O)OCN1C(=O)c2ccccc2S1(=O)=O. The Hall–Kier alpha value is -3.11. The van der Waals surface area contributed by atoms with Gasteiger partial charge in [0.15, 0.2) is 18.2 Å². The average molecular weight is 406 g/mol. The van der Waals surface area contributed by atoms with Crippen LogP contribution in [0.25, 0.3) is 0 Å². The number of rotatable bonds is 5. The molecule has 0 aliphatic carbocycles. The lowest BCUT2D eigenvalue weighted by Gasteiger charge is -2.24.